The molecular weight excluding hydrogens is 411 g/mol. The highest BCUT2D eigenvalue weighted by molar-refractivity contribution is 5.87. The van der Waals surface area contributed by atoms with Gasteiger partial charge in [0.25, 0.3) is 0 Å². The first-order valence-electron chi connectivity index (χ1n) is 8.11. The van der Waals surface area contributed by atoms with Crippen LogP contribution in [0.5, 0.6) is 0 Å². The largest absolute Gasteiger partial charge is 0.478 e. The molecule has 3 heteroatoms. The van der Waals surface area contributed by atoms with Crippen LogP contribution >= 0.6 is 0 Å². The molecule has 0 aliphatic heterocycles. The van der Waals surface area contributed by atoms with Crippen molar-refractivity contribution in [1.29, 1.82) is 0 Å². The fraction of sp³-hybridized carbons (Fsp3) is 0.381. The highest BCUT2D eigenvalue weighted by Gasteiger charge is 2.24. The second-order valence-electron chi connectivity index (χ2n) is 8.14. The smallest absolute Gasteiger partial charge is 0.357 e. The summed E-state index contributed by atoms with van der Waals surface area (Å²) in [6.07, 6.45) is 0. The number of benzene rings is 2. The number of carboxylic acid groups (broad SMARTS) is 1. The van der Waals surface area contributed by atoms with Crippen molar-refractivity contribution in [2.24, 2.45) is 0 Å². The van der Waals surface area contributed by atoms with Gasteiger partial charge in [-0.05, 0) is 46.2 Å². The van der Waals surface area contributed by atoms with Crippen LogP contribution in [-0.4, -0.2) is 11.1 Å². The van der Waals surface area contributed by atoms with Gasteiger partial charge in [-0.3, -0.25) is 0 Å². The summed E-state index contributed by atoms with van der Waals surface area (Å²) in [4.78, 5) is 11.5. The van der Waals surface area contributed by atoms with E-state index in [0.29, 0.717) is 5.56 Å². The molecule has 0 radical (unpaired) electrons. The lowest BCUT2D eigenvalue weighted by Gasteiger charge is -2.19. The van der Waals surface area contributed by atoms with Crippen molar-refractivity contribution in [3.05, 3.63) is 66.3 Å². The molecule has 0 amide bonds. The molecule has 2 aromatic rings. The molecular formula is C21H26IO2+. The van der Waals surface area contributed by atoms with Crippen molar-refractivity contribution in [2.45, 2.75) is 52.4 Å². The molecule has 0 unspecified atom stereocenters. The van der Waals surface area contributed by atoms with E-state index in [2.05, 4.69) is 71.9 Å². The van der Waals surface area contributed by atoms with Crippen LogP contribution in [0.3, 0.4) is 0 Å². The Labute approximate surface area is 155 Å². The molecule has 0 saturated heterocycles. The summed E-state index contributed by atoms with van der Waals surface area (Å²) < 4.78 is 2.46. The van der Waals surface area contributed by atoms with E-state index in [9.17, 15) is 9.90 Å². The van der Waals surface area contributed by atoms with Crippen LogP contribution in [0.25, 0.3) is 0 Å². The third-order valence-electron chi connectivity index (χ3n) is 3.94. The lowest BCUT2D eigenvalue weighted by molar-refractivity contribution is -0.597. The monoisotopic (exact) mass is 437 g/mol. The number of aromatic carboxylic acids is 1. The molecule has 0 aliphatic rings. The molecule has 1 N–H and O–H groups in total. The predicted molar refractivity (Wildman–Crippen MR) is 94.6 cm³/mol. The minimum Gasteiger partial charge on any atom is -0.478 e. The van der Waals surface area contributed by atoms with Gasteiger partial charge in [0, 0.05) is 6.07 Å². The molecule has 0 fully saturated rings. The SMILES string of the molecule is CC(C)(C)c1ccc([I+]c2cc(C(=O)O)cc(C(C)(C)C)c2)cc1. The minimum atomic E-state index is -0.852. The van der Waals surface area contributed by atoms with E-state index in [1.165, 1.54) is 9.13 Å². The fourth-order valence-corrected chi connectivity index (χ4v) is 4.76. The molecule has 0 saturated carbocycles. The van der Waals surface area contributed by atoms with Gasteiger partial charge in [0.2, 0.25) is 0 Å². The Hall–Kier alpha value is -1.36. The van der Waals surface area contributed by atoms with Crippen LogP contribution in [0.1, 0.15) is 63.0 Å². The van der Waals surface area contributed by atoms with Gasteiger partial charge in [-0.1, -0.05) is 53.7 Å². The van der Waals surface area contributed by atoms with Crippen LogP contribution < -0.4 is 21.2 Å². The Morgan fingerprint density at radius 2 is 1.33 bits per heavy atom. The zero-order chi connectivity index (χ0) is 18.1. The molecule has 2 aromatic carbocycles. The molecule has 2 nitrogen and oxygen atoms in total. The van der Waals surface area contributed by atoms with Gasteiger partial charge in [-0.2, -0.15) is 0 Å². The summed E-state index contributed by atoms with van der Waals surface area (Å²) in [6, 6.07) is 14.6. The quantitative estimate of drug-likeness (QED) is 0.748. The van der Waals surface area contributed by atoms with Crippen LogP contribution in [0, 0.1) is 7.14 Å². The van der Waals surface area contributed by atoms with Gasteiger partial charge < -0.3 is 5.11 Å². The van der Waals surface area contributed by atoms with E-state index in [1.54, 1.807) is 6.07 Å². The van der Waals surface area contributed by atoms with E-state index >= 15 is 0 Å². The normalized spacial score (nSPS) is 12.2. The van der Waals surface area contributed by atoms with Gasteiger partial charge in [-0.25, -0.2) is 4.79 Å². The van der Waals surface area contributed by atoms with Crippen LogP contribution in [0.15, 0.2) is 42.5 Å². The summed E-state index contributed by atoms with van der Waals surface area (Å²) in [6.45, 7) is 13.0. The lowest BCUT2D eigenvalue weighted by atomic mass is 9.86. The molecule has 0 atom stereocenters. The second-order valence-corrected chi connectivity index (χ2v) is 11.2. The Kier molecular flexibility index (Phi) is 5.43. The van der Waals surface area contributed by atoms with Crippen molar-refractivity contribution < 1.29 is 31.1 Å². The first-order chi connectivity index (χ1) is 11.0. The number of carboxylic acids is 1. The number of hydrogen-bond acceptors (Lipinski definition) is 1. The van der Waals surface area contributed by atoms with Crippen LogP contribution in [0.4, 0.5) is 0 Å². The first-order valence-corrected chi connectivity index (χ1v) is 10.3. The van der Waals surface area contributed by atoms with E-state index in [-0.39, 0.29) is 10.8 Å². The van der Waals surface area contributed by atoms with Crippen molar-refractivity contribution in [3.63, 3.8) is 0 Å². The maximum absolute atomic E-state index is 11.5. The number of halogens is 1. The van der Waals surface area contributed by atoms with E-state index in [4.69, 9.17) is 0 Å². The zero-order valence-corrected chi connectivity index (χ0v) is 17.4. The van der Waals surface area contributed by atoms with Crippen molar-refractivity contribution in [2.75, 3.05) is 0 Å². The second kappa shape index (κ2) is 6.87. The average Bonchev–Trinajstić information content (AvgIpc) is 2.45. The predicted octanol–water partition coefficient (Wildman–Crippen LogP) is 2.11. The van der Waals surface area contributed by atoms with Crippen molar-refractivity contribution in [1.82, 2.24) is 0 Å². The van der Waals surface area contributed by atoms with Crippen molar-refractivity contribution >= 4 is 5.97 Å². The molecule has 24 heavy (non-hydrogen) atoms. The minimum absolute atomic E-state index is 0.0555. The highest BCUT2D eigenvalue weighted by Crippen LogP contribution is 2.23. The molecule has 0 aromatic heterocycles. The molecule has 2 rings (SSSR count). The summed E-state index contributed by atoms with van der Waals surface area (Å²) in [7, 11) is 0. The van der Waals surface area contributed by atoms with Crippen molar-refractivity contribution in [3.8, 4) is 0 Å². The molecule has 0 spiro atoms. The maximum Gasteiger partial charge on any atom is 0.357 e. The number of carbonyl (C=O) groups is 1. The number of rotatable bonds is 3. The summed E-state index contributed by atoms with van der Waals surface area (Å²) in [5.41, 5.74) is 2.90. The van der Waals surface area contributed by atoms with Gasteiger partial charge in [0.05, 0.1) is 5.56 Å². The lowest BCUT2D eigenvalue weighted by Crippen LogP contribution is -3.61. The summed E-state index contributed by atoms with van der Waals surface area (Å²) in [5, 5.41) is 9.40. The molecule has 128 valence electrons. The molecule has 0 aliphatic carbocycles. The third kappa shape index (κ3) is 4.82. The third-order valence-corrected chi connectivity index (χ3v) is 6.53. The summed E-state index contributed by atoms with van der Waals surface area (Å²) in [5.74, 6) is -0.852. The van der Waals surface area contributed by atoms with Gasteiger partial charge in [0.1, 0.15) is 0 Å². The highest BCUT2D eigenvalue weighted by atomic mass is 127. The maximum atomic E-state index is 11.5. The Morgan fingerprint density at radius 3 is 1.79 bits per heavy atom. The zero-order valence-electron chi connectivity index (χ0n) is 15.3. The van der Waals surface area contributed by atoms with Gasteiger partial charge in [0.15, 0.2) is 7.14 Å². The Morgan fingerprint density at radius 1 is 0.792 bits per heavy atom. The van der Waals surface area contributed by atoms with E-state index in [1.807, 2.05) is 6.07 Å². The molecule has 0 bridgehead atoms. The summed E-state index contributed by atoms with van der Waals surface area (Å²) >= 11 is -0.392. The van der Waals surface area contributed by atoms with Gasteiger partial charge in [-0.15, -0.1) is 0 Å². The Balaban J connectivity index is 2.35. The van der Waals surface area contributed by atoms with Gasteiger partial charge >= 0.3 is 27.2 Å². The van der Waals surface area contributed by atoms with Crippen LogP contribution in [-0.2, 0) is 10.8 Å². The van der Waals surface area contributed by atoms with E-state index < -0.39 is 27.2 Å². The first kappa shape index (κ1) is 19.0. The average molecular weight is 437 g/mol. The standard InChI is InChI=1S/C21H25IO2/c1-20(2,3)15-7-9-17(10-8-15)22-18-12-14(19(23)24)11-16(13-18)21(4,5)6/h7-13H,1-6H3/p+1. The van der Waals surface area contributed by atoms with Crippen LogP contribution in [0.2, 0.25) is 0 Å². The molecule has 0 heterocycles. The fourth-order valence-electron chi connectivity index (χ4n) is 2.34. The Bertz CT molecular complexity index is 732. The van der Waals surface area contributed by atoms with E-state index in [0.717, 1.165) is 9.13 Å². The topological polar surface area (TPSA) is 37.3 Å². The number of hydrogen-bond donors (Lipinski definition) is 1.